The van der Waals surface area contributed by atoms with Crippen molar-refractivity contribution in [1.82, 2.24) is 20.0 Å². The first-order chi connectivity index (χ1) is 15.3. The highest BCUT2D eigenvalue weighted by molar-refractivity contribution is 5.95. The molecule has 1 saturated heterocycles. The average molecular weight is 441 g/mol. The minimum Gasteiger partial charge on any atom is -0.360 e. The van der Waals surface area contributed by atoms with Crippen molar-refractivity contribution in [2.75, 3.05) is 29.9 Å². The van der Waals surface area contributed by atoms with E-state index in [2.05, 4.69) is 29.2 Å². The number of carbonyl (C=O) groups is 2. The smallest absolute Gasteiger partial charge is 0.239 e. The summed E-state index contributed by atoms with van der Waals surface area (Å²) in [5, 5.41) is 6.61. The average Bonchev–Trinajstić information content (AvgIpc) is 3.35. The number of hydrogen-bond acceptors (Lipinski definition) is 7. The van der Waals surface area contributed by atoms with Gasteiger partial charge in [0.25, 0.3) is 0 Å². The van der Waals surface area contributed by atoms with Crippen LogP contribution in [0, 0.1) is 19.8 Å². The molecule has 0 spiro atoms. The Kier molecular flexibility index (Phi) is 6.55. The van der Waals surface area contributed by atoms with Crippen LogP contribution in [0.15, 0.2) is 10.6 Å². The van der Waals surface area contributed by atoms with Gasteiger partial charge < -0.3 is 9.84 Å². The van der Waals surface area contributed by atoms with Crippen LogP contribution >= 0.6 is 0 Å². The largest absolute Gasteiger partial charge is 0.360 e. The Labute approximate surface area is 188 Å². The first kappa shape index (κ1) is 22.4. The Hall–Kier alpha value is -2.81. The number of aromatic nitrogens is 3. The van der Waals surface area contributed by atoms with Crippen LogP contribution in [0.2, 0.25) is 0 Å². The van der Waals surface area contributed by atoms with Crippen LogP contribution in [-0.2, 0) is 16.0 Å². The lowest BCUT2D eigenvalue weighted by atomic mass is 10.0. The Balaban J connectivity index is 1.54. The zero-order valence-corrected chi connectivity index (χ0v) is 19.3. The summed E-state index contributed by atoms with van der Waals surface area (Å²) in [6.07, 6.45) is 3.98. The second kappa shape index (κ2) is 9.36. The Morgan fingerprint density at radius 1 is 1.28 bits per heavy atom. The molecule has 9 nitrogen and oxygen atoms in total. The Bertz CT molecular complexity index is 1000. The topological polar surface area (TPSA) is 104 Å². The Morgan fingerprint density at radius 3 is 2.81 bits per heavy atom. The summed E-state index contributed by atoms with van der Waals surface area (Å²) in [5.74, 6) is 3.03. The molecule has 2 aliphatic heterocycles. The van der Waals surface area contributed by atoms with Crippen LogP contribution in [0.1, 0.15) is 68.4 Å². The van der Waals surface area contributed by atoms with E-state index >= 15 is 0 Å². The summed E-state index contributed by atoms with van der Waals surface area (Å²) < 4.78 is 5.01. The highest BCUT2D eigenvalue weighted by atomic mass is 16.5. The number of amides is 2. The Morgan fingerprint density at radius 2 is 2.09 bits per heavy atom. The third-order valence-corrected chi connectivity index (χ3v) is 6.19. The standard InChI is InChI=1S/C23H32N6O3/c1-14(2)9-11-29-21(31)8-7-17-16(4)24-22(26-23(17)29)18-6-5-10-28(18)13-20(30)25-19-12-15(3)32-27-19/h12,14,18H,5-11,13H2,1-4H3,(H,25,27,30). The zero-order chi connectivity index (χ0) is 22.8. The lowest BCUT2D eigenvalue weighted by molar-refractivity contribution is -0.119. The normalized spacial score (nSPS) is 19.0. The molecule has 0 saturated carbocycles. The van der Waals surface area contributed by atoms with Gasteiger partial charge in [0, 0.05) is 30.3 Å². The minimum atomic E-state index is -0.145. The van der Waals surface area contributed by atoms with Gasteiger partial charge in [0.05, 0.1) is 12.6 Å². The van der Waals surface area contributed by atoms with E-state index in [1.54, 1.807) is 13.0 Å². The zero-order valence-electron chi connectivity index (χ0n) is 19.3. The third kappa shape index (κ3) is 4.82. The quantitative estimate of drug-likeness (QED) is 0.705. The van der Waals surface area contributed by atoms with Crippen LogP contribution in [0.3, 0.4) is 0 Å². The summed E-state index contributed by atoms with van der Waals surface area (Å²) in [5.41, 5.74) is 2.00. The summed E-state index contributed by atoms with van der Waals surface area (Å²) in [4.78, 5) is 38.9. The lowest BCUT2D eigenvalue weighted by Gasteiger charge is -2.31. The molecule has 0 aliphatic carbocycles. The molecule has 1 N–H and O–H groups in total. The molecular formula is C23H32N6O3. The molecule has 9 heteroatoms. The second-order valence-electron chi connectivity index (χ2n) is 9.20. The van der Waals surface area contributed by atoms with Crippen molar-refractivity contribution < 1.29 is 14.1 Å². The predicted molar refractivity (Wildman–Crippen MR) is 120 cm³/mol. The van der Waals surface area contributed by atoms with E-state index in [0.29, 0.717) is 42.7 Å². The van der Waals surface area contributed by atoms with Gasteiger partial charge in [-0.25, -0.2) is 9.97 Å². The fraction of sp³-hybridized carbons (Fsp3) is 0.609. The first-order valence-corrected chi connectivity index (χ1v) is 11.5. The fourth-order valence-electron chi connectivity index (χ4n) is 4.47. The van der Waals surface area contributed by atoms with E-state index in [-0.39, 0.29) is 24.4 Å². The van der Waals surface area contributed by atoms with Crippen molar-refractivity contribution in [3.63, 3.8) is 0 Å². The van der Waals surface area contributed by atoms with Gasteiger partial charge in [0.1, 0.15) is 17.4 Å². The monoisotopic (exact) mass is 440 g/mol. The molecule has 0 bridgehead atoms. The fourth-order valence-corrected chi connectivity index (χ4v) is 4.47. The van der Waals surface area contributed by atoms with Crippen LogP contribution in [0.5, 0.6) is 0 Å². The second-order valence-corrected chi connectivity index (χ2v) is 9.20. The molecule has 4 rings (SSSR count). The van der Waals surface area contributed by atoms with Crippen molar-refractivity contribution in [2.45, 2.75) is 65.8 Å². The molecule has 1 atom stereocenters. The van der Waals surface area contributed by atoms with Gasteiger partial charge in [0.2, 0.25) is 11.8 Å². The maximum atomic E-state index is 12.7. The number of aryl methyl sites for hydroxylation is 2. The lowest BCUT2D eigenvalue weighted by Crippen LogP contribution is -2.39. The van der Waals surface area contributed by atoms with E-state index in [1.807, 2.05) is 11.8 Å². The highest BCUT2D eigenvalue weighted by Crippen LogP contribution is 2.34. The molecule has 0 aromatic carbocycles. The number of hydrogen-bond donors (Lipinski definition) is 1. The van der Waals surface area contributed by atoms with Gasteiger partial charge in [-0.1, -0.05) is 19.0 Å². The van der Waals surface area contributed by atoms with Crippen molar-refractivity contribution >= 4 is 23.5 Å². The third-order valence-electron chi connectivity index (χ3n) is 6.19. The van der Waals surface area contributed by atoms with E-state index in [4.69, 9.17) is 14.5 Å². The molecule has 2 aliphatic rings. The van der Waals surface area contributed by atoms with Crippen molar-refractivity contribution in [3.05, 3.63) is 28.9 Å². The number of nitrogens with one attached hydrogen (secondary N) is 1. The molecule has 2 aromatic heterocycles. The number of rotatable bonds is 7. The highest BCUT2D eigenvalue weighted by Gasteiger charge is 2.33. The van der Waals surface area contributed by atoms with E-state index in [1.165, 1.54) is 0 Å². The molecule has 2 amide bonds. The number of likely N-dealkylation sites (tertiary alicyclic amines) is 1. The molecule has 2 aromatic rings. The van der Waals surface area contributed by atoms with Gasteiger partial charge in [0.15, 0.2) is 5.82 Å². The van der Waals surface area contributed by atoms with E-state index < -0.39 is 0 Å². The van der Waals surface area contributed by atoms with Gasteiger partial charge in [-0.15, -0.1) is 0 Å². The maximum Gasteiger partial charge on any atom is 0.239 e. The predicted octanol–water partition coefficient (Wildman–Crippen LogP) is 3.18. The van der Waals surface area contributed by atoms with Crippen molar-refractivity contribution in [2.24, 2.45) is 5.92 Å². The van der Waals surface area contributed by atoms with Gasteiger partial charge >= 0.3 is 0 Å². The van der Waals surface area contributed by atoms with Crippen LogP contribution in [-0.4, -0.2) is 51.5 Å². The van der Waals surface area contributed by atoms with Crippen LogP contribution in [0.25, 0.3) is 0 Å². The number of nitrogens with zero attached hydrogens (tertiary/aromatic N) is 5. The van der Waals surface area contributed by atoms with E-state index in [9.17, 15) is 9.59 Å². The summed E-state index contributed by atoms with van der Waals surface area (Å²) in [6, 6.07) is 1.64. The summed E-state index contributed by atoms with van der Waals surface area (Å²) in [7, 11) is 0. The van der Waals surface area contributed by atoms with Crippen molar-refractivity contribution in [1.29, 1.82) is 0 Å². The maximum absolute atomic E-state index is 12.7. The molecule has 172 valence electrons. The molecule has 32 heavy (non-hydrogen) atoms. The number of fused-ring (bicyclic) bond motifs is 1. The van der Waals surface area contributed by atoms with E-state index in [0.717, 1.165) is 42.9 Å². The summed E-state index contributed by atoms with van der Waals surface area (Å²) in [6.45, 7) is 9.80. The number of carbonyl (C=O) groups excluding carboxylic acids is 2. The molecule has 0 radical (unpaired) electrons. The summed E-state index contributed by atoms with van der Waals surface area (Å²) >= 11 is 0. The van der Waals surface area contributed by atoms with Gasteiger partial charge in [-0.05, 0) is 52.0 Å². The van der Waals surface area contributed by atoms with Crippen molar-refractivity contribution in [3.8, 4) is 0 Å². The molecular weight excluding hydrogens is 408 g/mol. The van der Waals surface area contributed by atoms with Crippen LogP contribution < -0.4 is 10.2 Å². The molecule has 1 unspecified atom stereocenters. The number of anilines is 2. The molecule has 4 heterocycles. The van der Waals surface area contributed by atoms with Crippen LogP contribution in [0.4, 0.5) is 11.6 Å². The SMILES string of the molecule is Cc1cc(NC(=O)CN2CCCC2c2nc(C)c3c(n2)N(CCC(C)C)C(=O)CC3)no1. The first-order valence-electron chi connectivity index (χ1n) is 11.5. The minimum absolute atomic E-state index is 0.0484. The van der Waals surface area contributed by atoms with Gasteiger partial charge in [-0.2, -0.15) is 0 Å². The molecule has 1 fully saturated rings. The van der Waals surface area contributed by atoms with Gasteiger partial charge in [-0.3, -0.25) is 19.4 Å².